The van der Waals surface area contributed by atoms with Gasteiger partial charge in [0.2, 0.25) is 5.91 Å². The SMILES string of the molecule is O=C(NCC(O)c1ccc2ccccc2c1)C1CC2CCC1O2. The first kappa shape index (κ1) is 14.7. The highest BCUT2D eigenvalue weighted by atomic mass is 16.5. The van der Waals surface area contributed by atoms with Crippen molar-refractivity contribution in [2.24, 2.45) is 5.92 Å². The highest BCUT2D eigenvalue weighted by molar-refractivity contribution is 5.83. The summed E-state index contributed by atoms with van der Waals surface area (Å²) in [6, 6.07) is 13.9. The molecule has 23 heavy (non-hydrogen) atoms. The Bertz CT molecular complexity index is 729. The van der Waals surface area contributed by atoms with E-state index in [1.54, 1.807) is 0 Å². The number of amides is 1. The monoisotopic (exact) mass is 311 g/mol. The first-order valence-corrected chi connectivity index (χ1v) is 8.30. The predicted molar refractivity (Wildman–Crippen MR) is 87.9 cm³/mol. The van der Waals surface area contributed by atoms with Gasteiger partial charge in [0.1, 0.15) is 0 Å². The number of fused-ring (bicyclic) bond motifs is 3. The fourth-order valence-corrected chi connectivity index (χ4v) is 3.78. The summed E-state index contributed by atoms with van der Waals surface area (Å²) in [7, 11) is 0. The molecule has 2 aromatic carbocycles. The maximum Gasteiger partial charge on any atom is 0.225 e. The number of nitrogens with one attached hydrogen (secondary N) is 1. The van der Waals surface area contributed by atoms with Crippen LogP contribution in [0, 0.1) is 5.92 Å². The van der Waals surface area contributed by atoms with Crippen LogP contribution in [0.2, 0.25) is 0 Å². The van der Waals surface area contributed by atoms with E-state index in [9.17, 15) is 9.90 Å². The molecule has 2 aliphatic heterocycles. The molecule has 1 amide bonds. The zero-order valence-corrected chi connectivity index (χ0v) is 12.9. The number of aliphatic hydroxyl groups excluding tert-OH is 1. The highest BCUT2D eigenvalue weighted by Crippen LogP contribution is 2.38. The van der Waals surface area contributed by atoms with Crippen LogP contribution in [0.1, 0.15) is 30.9 Å². The predicted octanol–water partition coefficient (Wildman–Crippen LogP) is 2.56. The van der Waals surface area contributed by atoms with Gasteiger partial charge in [-0.15, -0.1) is 0 Å². The van der Waals surface area contributed by atoms with E-state index in [0.29, 0.717) is 0 Å². The number of hydrogen-bond acceptors (Lipinski definition) is 3. The highest BCUT2D eigenvalue weighted by Gasteiger charge is 2.44. The minimum Gasteiger partial charge on any atom is -0.387 e. The number of ether oxygens (including phenoxy) is 1. The molecule has 2 heterocycles. The van der Waals surface area contributed by atoms with Crippen LogP contribution in [0.25, 0.3) is 10.8 Å². The van der Waals surface area contributed by atoms with Crippen molar-refractivity contribution in [3.63, 3.8) is 0 Å². The molecule has 4 heteroatoms. The molecule has 4 unspecified atom stereocenters. The van der Waals surface area contributed by atoms with E-state index in [0.717, 1.165) is 35.6 Å². The minimum absolute atomic E-state index is 0.0111. The molecular weight excluding hydrogens is 290 g/mol. The maximum atomic E-state index is 12.3. The largest absolute Gasteiger partial charge is 0.387 e. The fraction of sp³-hybridized carbons (Fsp3) is 0.421. The summed E-state index contributed by atoms with van der Waals surface area (Å²) >= 11 is 0. The Hall–Kier alpha value is -1.91. The molecule has 2 bridgehead atoms. The fourth-order valence-electron chi connectivity index (χ4n) is 3.78. The van der Waals surface area contributed by atoms with Crippen LogP contribution >= 0.6 is 0 Å². The van der Waals surface area contributed by atoms with Crippen molar-refractivity contribution in [1.29, 1.82) is 0 Å². The van der Waals surface area contributed by atoms with Gasteiger partial charge in [-0.3, -0.25) is 4.79 Å². The van der Waals surface area contributed by atoms with Gasteiger partial charge in [-0.2, -0.15) is 0 Å². The van der Waals surface area contributed by atoms with Gasteiger partial charge in [0.15, 0.2) is 0 Å². The number of carbonyl (C=O) groups is 1. The van der Waals surface area contributed by atoms with Gasteiger partial charge in [-0.05, 0) is 41.7 Å². The van der Waals surface area contributed by atoms with E-state index in [4.69, 9.17) is 4.74 Å². The second kappa shape index (κ2) is 5.95. The van der Waals surface area contributed by atoms with Crippen LogP contribution in [0.5, 0.6) is 0 Å². The van der Waals surface area contributed by atoms with Gasteiger partial charge in [0.05, 0.1) is 24.2 Å². The van der Waals surface area contributed by atoms with Crippen LogP contribution in [-0.2, 0) is 9.53 Å². The summed E-state index contributed by atoms with van der Waals surface area (Å²) in [5.74, 6) is -0.0328. The zero-order chi connectivity index (χ0) is 15.8. The smallest absolute Gasteiger partial charge is 0.225 e. The summed E-state index contributed by atoms with van der Waals surface area (Å²) in [5, 5.41) is 15.5. The average molecular weight is 311 g/mol. The van der Waals surface area contributed by atoms with Crippen LogP contribution in [-0.4, -0.2) is 29.8 Å². The standard InChI is InChI=1S/C19H21NO3/c21-17(14-6-5-12-3-1-2-4-13(12)9-14)11-20-19(22)16-10-15-7-8-18(16)23-15/h1-6,9,15-18,21H,7-8,10-11H2,(H,20,22). The Kier molecular flexibility index (Phi) is 3.79. The quantitative estimate of drug-likeness (QED) is 0.912. The summed E-state index contributed by atoms with van der Waals surface area (Å²) in [6.45, 7) is 0.241. The number of aliphatic hydroxyl groups is 1. The minimum atomic E-state index is -0.692. The molecule has 2 N–H and O–H groups in total. The second-order valence-corrected chi connectivity index (χ2v) is 6.58. The van der Waals surface area contributed by atoms with Crippen molar-refractivity contribution in [2.45, 2.75) is 37.6 Å². The van der Waals surface area contributed by atoms with Crippen molar-refractivity contribution in [3.05, 3.63) is 48.0 Å². The summed E-state index contributed by atoms with van der Waals surface area (Å²) < 4.78 is 5.72. The molecule has 4 nitrogen and oxygen atoms in total. The van der Waals surface area contributed by atoms with Gasteiger partial charge >= 0.3 is 0 Å². The molecule has 2 aliphatic rings. The molecule has 120 valence electrons. The van der Waals surface area contributed by atoms with Gasteiger partial charge in [-0.25, -0.2) is 0 Å². The Morgan fingerprint density at radius 1 is 1.22 bits per heavy atom. The molecule has 0 spiro atoms. The molecule has 0 aromatic heterocycles. The number of rotatable bonds is 4. The first-order chi connectivity index (χ1) is 11.2. The molecule has 4 rings (SSSR count). The number of hydrogen-bond donors (Lipinski definition) is 2. The summed E-state index contributed by atoms with van der Waals surface area (Å²) in [5.41, 5.74) is 0.827. The van der Waals surface area contributed by atoms with E-state index in [2.05, 4.69) is 5.32 Å². The Balaban J connectivity index is 1.39. The van der Waals surface area contributed by atoms with Crippen molar-refractivity contribution in [1.82, 2.24) is 5.32 Å². The van der Waals surface area contributed by atoms with Crippen molar-refractivity contribution >= 4 is 16.7 Å². The van der Waals surface area contributed by atoms with Crippen LogP contribution in [0.4, 0.5) is 0 Å². The molecule has 4 atom stereocenters. The van der Waals surface area contributed by atoms with Gasteiger partial charge < -0.3 is 15.2 Å². The molecule has 0 saturated carbocycles. The van der Waals surface area contributed by atoms with Crippen molar-refractivity contribution in [3.8, 4) is 0 Å². The van der Waals surface area contributed by atoms with Crippen LogP contribution in [0.15, 0.2) is 42.5 Å². The topological polar surface area (TPSA) is 58.6 Å². The van der Waals surface area contributed by atoms with Crippen molar-refractivity contribution < 1.29 is 14.6 Å². The van der Waals surface area contributed by atoms with Crippen LogP contribution < -0.4 is 5.32 Å². The third kappa shape index (κ3) is 2.84. The van der Waals surface area contributed by atoms with E-state index in [1.807, 2.05) is 42.5 Å². The van der Waals surface area contributed by atoms with E-state index in [-0.39, 0.29) is 30.6 Å². The normalized spacial score (nSPS) is 27.3. The molecular formula is C19H21NO3. The van der Waals surface area contributed by atoms with Crippen molar-refractivity contribution in [2.75, 3.05) is 6.54 Å². The zero-order valence-electron chi connectivity index (χ0n) is 12.9. The lowest BCUT2D eigenvalue weighted by molar-refractivity contribution is -0.127. The second-order valence-electron chi connectivity index (χ2n) is 6.58. The lowest BCUT2D eigenvalue weighted by Gasteiger charge is -2.19. The maximum absolute atomic E-state index is 12.3. The first-order valence-electron chi connectivity index (χ1n) is 8.30. The Labute approximate surface area is 135 Å². The lowest BCUT2D eigenvalue weighted by Crippen LogP contribution is -2.38. The third-order valence-electron chi connectivity index (χ3n) is 5.07. The van der Waals surface area contributed by atoms with Gasteiger partial charge in [0.25, 0.3) is 0 Å². The average Bonchev–Trinajstić information content (AvgIpc) is 3.22. The van der Waals surface area contributed by atoms with Gasteiger partial charge in [0, 0.05) is 6.54 Å². The summed E-state index contributed by atoms with van der Waals surface area (Å²) in [6.07, 6.45) is 2.54. The molecule has 2 saturated heterocycles. The Morgan fingerprint density at radius 3 is 2.78 bits per heavy atom. The Morgan fingerprint density at radius 2 is 2.04 bits per heavy atom. The van der Waals surface area contributed by atoms with Gasteiger partial charge in [-0.1, -0.05) is 36.4 Å². The summed E-state index contributed by atoms with van der Waals surface area (Å²) in [4.78, 5) is 12.3. The number of benzene rings is 2. The van der Waals surface area contributed by atoms with E-state index in [1.165, 1.54) is 0 Å². The molecule has 0 radical (unpaired) electrons. The molecule has 0 aliphatic carbocycles. The lowest BCUT2D eigenvalue weighted by atomic mass is 9.88. The van der Waals surface area contributed by atoms with Crippen LogP contribution in [0.3, 0.4) is 0 Å². The van der Waals surface area contributed by atoms with E-state index < -0.39 is 6.10 Å². The number of carbonyl (C=O) groups excluding carboxylic acids is 1. The molecule has 2 aromatic rings. The molecule has 2 fully saturated rings. The van der Waals surface area contributed by atoms with E-state index >= 15 is 0 Å². The third-order valence-corrected chi connectivity index (χ3v) is 5.07.